The molecule has 0 saturated heterocycles. The van der Waals surface area contributed by atoms with Crippen LogP contribution in [0.1, 0.15) is 70.4 Å². The highest BCUT2D eigenvalue weighted by Gasteiger charge is 2.49. The van der Waals surface area contributed by atoms with E-state index in [2.05, 4.69) is 64.5 Å². The monoisotopic (exact) mass is 733 g/mol. The maximum atomic E-state index is 14.0. The van der Waals surface area contributed by atoms with Crippen LogP contribution in [0.15, 0.2) is 72.8 Å². The van der Waals surface area contributed by atoms with Gasteiger partial charge in [0.05, 0.1) is 15.6 Å². The van der Waals surface area contributed by atoms with E-state index in [1.54, 1.807) is 31.4 Å². The second-order valence-corrected chi connectivity index (χ2v) is 16.6. The molecule has 2 aromatic rings. The molecule has 0 bridgehead atoms. The summed E-state index contributed by atoms with van der Waals surface area (Å²) in [5, 5.41) is 0. The van der Waals surface area contributed by atoms with Crippen LogP contribution in [-0.4, -0.2) is 45.1 Å². The second kappa shape index (κ2) is 11.6. The van der Waals surface area contributed by atoms with E-state index in [-0.39, 0.29) is 33.0 Å². The molecule has 0 saturated carbocycles. The molecule has 1 heterocycles. The van der Waals surface area contributed by atoms with Crippen molar-refractivity contribution in [1.82, 2.24) is 4.90 Å². The highest BCUT2D eigenvalue weighted by Crippen LogP contribution is 2.55. The number of nitrogens with zero attached hydrogens (tertiary/aromatic N) is 1. The number of Topliss-reactive ketones (excluding diaryl/α,β-unsaturated/α-hetero) is 2. The molecule has 1 aliphatic heterocycles. The Bertz CT molecular complexity index is 1590. The average molecular weight is 736 g/mol. The zero-order chi connectivity index (χ0) is 31.5. The number of methoxy groups -OCH3 is 1. The summed E-state index contributed by atoms with van der Waals surface area (Å²) in [6.45, 7) is 11.3. The van der Waals surface area contributed by atoms with Gasteiger partial charge in [0.15, 0.2) is 17.3 Å². The van der Waals surface area contributed by atoms with Crippen molar-refractivity contribution in [3.63, 3.8) is 0 Å². The highest BCUT2D eigenvalue weighted by atomic mass is 79.9. The van der Waals surface area contributed by atoms with Crippen molar-refractivity contribution < 1.29 is 26.9 Å². The Balaban J connectivity index is 1.66. The number of ketones is 2. The van der Waals surface area contributed by atoms with Crippen LogP contribution >= 0.6 is 31.9 Å². The molecule has 0 aromatic heterocycles. The van der Waals surface area contributed by atoms with E-state index in [4.69, 9.17) is 8.92 Å². The molecule has 2 aromatic carbocycles. The number of benzene rings is 2. The first-order valence-corrected chi connectivity index (χ1v) is 17.3. The van der Waals surface area contributed by atoms with Crippen molar-refractivity contribution in [2.75, 3.05) is 20.3 Å². The van der Waals surface area contributed by atoms with Gasteiger partial charge >= 0.3 is 10.1 Å². The molecule has 43 heavy (non-hydrogen) atoms. The quantitative estimate of drug-likeness (QED) is 0.271. The summed E-state index contributed by atoms with van der Waals surface area (Å²) in [7, 11) is -2.46. The number of ether oxygens (including phenoxy) is 1. The molecule has 7 nitrogen and oxygen atoms in total. The van der Waals surface area contributed by atoms with Crippen LogP contribution in [0.25, 0.3) is 0 Å². The summed E-state index contributed by atoms with van der Waals surface area (Å²) in [6.07, 6.45) is 2.14. The Morgan fingerprint density at radius 1 is 0.860 bits per heavy atom. The molecule has 0 unspecified atom stereocenters. The molecule has 0 atom stereocenters. The smallest absolute Gasteiger partial charge is 0.339 e. The SMILES string of the molecule is COCCN1C2=C(C(=O)CC(C)(C)C2)C(c2cc(Br)c(OS(=O)(=O)c3ccc(C)cc3)c(Br)c2)C2=C1CC(C)(C)CC2=O. The Morgan fingerprint density at radius 3 is 1.81 bits per heavy atom. The molecule has 2 aliphatic carbocycles. The molecule has 0 amide bonds. The third kappa shape index (κ3) is 6.30. The predicted octanol–water partition coefficient (Wildman–Crippen LogP) is 7.62. The van der Waals surface area contributed by atoms with Gasteiger partial charge < -0.3 is 13.8 Å². The molecule has 0 N–H and O–H groups in total. The second-order valence-electron chi connectivity index (χ2n) is 13.3. The van der Waals surface area contributed by atoms with Crippen LogP contribution in [0.4, 0.5) is 0 Å². The summed E-state index contributed by atoms with van der Waals surface area (Å²) >= 11 is 7.08. The molecule has 0 fully saturated rings. The van der Waals surface area contributed by atoms with Gasteiger partial charge in [-0.1, -0.05) is 45.4 Å². The lowest BCUT2D eigenvalue weighted by Crippen LogP contribution is -2.45. The van der Waals surface area contributed by atoms with Crippen LogP contribution in [0, 0.1) is 17.8 Å². The number of hydrogen-bond acceptors (Lipinski definition) is 7. The van der Waals surface area contributed by atoms with Gasteiger partial charge in [0.25, 0.3) is 0 Å². The largest absolute Gasteiger partial charge is 0.383 e. The van der Waals surface area contributed by atoms with Crippen molar-refractivity contribution in [2.24, 2.45) is 10.8 Å². The summed E-state index contributed by atoms with van der Waals surface area (Å²) in [5.74, 6) is -0.432. The zero-order valence-corrected chi connectivity index (χ0v) is 29.3. The van der Waals surface area contributed by atoms with E-state index < -0.39 is 16.0 Å². The zero-order valence-electron chi connectivity index (χ0n) is 25.3. The van der Waals surface area contributed by atoms with Gasteiger partial charge in [0.2, 0.25) is 0 Å². The number of carbonyl (C=O) groups is 2. The number of allylic oxidation sites excluding steroid dienone is 4. The standard InChI is InChI=1S/C33H37Br2NO6S/c1-19-7-9-21(10-8-19)43(39,40)42-31-22(34)13-20(14-23(31)35)28-29-24(15-32(2,3)17-26(29)37)36(11-12-41-6)25-16-33(4,5)18-27(38)30(25)28/h7-10,13-14,28H,11-12,15-18H2,1-6H3. The summed E-state index contributed by atoms with van der Waals surface area (Å²) < 4.78 is 38.1. The van der Waals surface area contributed by atoms with Gasteiger partial charge in [-0.15, -0.1) is 0 Å². The summed E-state index contributed by atoms with van der Waals surface area (Å²) in [4.78, 5) is 30.2. The molecule has 0 spiro atoms. The molecule has 230 valence electrons. The normalized spacial score (nSPS) is 20.3. The Morgan fingerprint density at radius 2 is 1.35 bits per heavy atom. The van der Waals surface area contributed by atoms with E-state index in [1.807, 2.05) is 6.92 Å². The van der Waals surface area contributed by atoms with Gasteiger partial charge in [-0.05, 0) is 92.3 Å². The Labute approximate surface area is 271 Å². The number of hydrogen-bond donors (Lipinski definition) is 0. The van der Waals surface area contributed by atoms with E-state index >= 15 is 0 Å². The van der Waals surface area contributed by atoms with Crippen LogP contribution in [0.2, 0.25) is 0 Å². The van der Waals surface area contributed by atoms with Gasteiger partial charge in [0.1, 0.15) is 4.90 Å². The lowest BCUT2D eigenvalue weighted by molar-refractivity contribution is -0.119. The number of carbonyl (C=O) groups excluding carboxylic acids is 2. The number of aryl methyl sites for hydroxylation is 1. The van der Waals surface area contributed by atoms with E-state index in [0.717, 1.165) is 17.0 Å². The minimum Gasteiger partial charge on any atom is -0.383 e. The fourth-order valence-corrected chi connectivity index (χ4v) is 9.08. The molecule has 3 aliphatic rings. The third-order valence-corrected chi connectivity index (χ3v) is 10.8. The first-order valence-electron chi connectivity index (χ1n) is 14.3. The van der Waals surface area contributed by atoms with Gasteiger partial charge in [-0.25, -0.2) is 0 Å². The first kappa shape index (κ1) is 32.1. The maximum absolute atomic E-state index is 14.0. The minimum atomic E-state index is -4.12. The maximum Gasteiger partial charge on any atom is 0.339 e. The molecule has 5 rings (SSSR count). The van der Waals surface area contributed by atoms with Gasteiger partial charge in [-0.2, -0.15) is 8.42 Å². The van der Waals surface area contributed by atoms with Crippen molar-refractivity contribution >= 4 is 53.5 Å². The van der Waals surface area contributed by atoms with Crippen LogP contribution in [0.5, 0.6) is 5.75 Å². The van der Waals surface area contributed by atoms with Gasteiger partial charge in [-0.3, -0.25) is 9.59 Å². The summed E-state index contributed by atoms with van der Waals surface area (Å²) in [5.41, 5.74) is 4.35. The number of halogens is 2. The highest BCUT2D eigenvalue weighted by molar-refractivity contribution is 9.11. The minimum absolute atomic E-state index is 0.0253. The van der Waals surface area contributed by atoms with E-state index in [0.29, 0.717) is 64.5 Å². The number of rotatable bonds is 7. The molecular formula is C33H37Br2NO6S. The van der Waals surface area contributed by atoms with Crippen molar-refractivity contribution in [3.05, 3.63) is 79.0 Å². The Kier molecular flexibility index (Phi) is 8.66. The predicted molar refractivity (Wildman–Crippen MR) is 172 cm³/mol. The first-order chi connectivity index (χ1) is 20.0. The lowest BCUT2D eigenvalue weighted by Gasteiger charge is -2.49. The van der Waals surface area contributed by atoms with Crippen LogP contribution < -0.4 is 4.18 Å². The lowest BCUT2D eigenvalue weighted by atomic mass is 9.63. The van der Waals surface area contributed by atoms with Crippen molar-refractivity contribution in [3.8, 4) is 5.75 Å². The molecular weight excluding hydrogens is 698 g/mol. The van der Waals surface area contributed by atoms with Gasteiger partial charge in [0, 0.05) is 55.0 Å². The fraction of sp³-hybridized carbons (Fsp3) is 0.455. The third-order valence-electron chi connectivity index (χ3n) is 8.40. The van der Waals surface area contributed by atoms with Crippen LogP contribution in [0.3, 0.4) is 0 Å². The van der Waals surface area contributed by atoms with E-state index in [9.17, 15) is 18.0 Å². The topological polar surface area (TPSA) is 90.0 Å². The summed E-state index contributed by atoms with van der Waals surface area (Å²) in [6, 6.07) is 9.98. The fourth-order valence-electron chi connectivity index (χ4n) is 6.52. The van der Waals surface area contributed by atoms with Crippen LogP contribution in [-0.2, 0) is 24.4 Å². The molecule has 10 heteroatoms. The van der Waals surface area contributed by atoms with Crippen molar-refractivity contribution in [1.29, 1.82) is 0 Å². The Hall–Kier alpha value is -2.27. The molecule has 0 radical (unpaired) electrons. The van der Waals surface area contributed by atoms with Crippen molar-refractivity contribution in [2.45, 2.75) is 71.1 Å². The van der Waals surface area contributed by atoms with E-state index in [1.165, 1.54) is 12.1 Å². The average Bonchev–Trinajstić information content (AvgIpc) is 2.88.